The number of ether oxygens (including phenoxy) is 1. The lowest BCUT2D eigenvalue weighted by molar-refractivity contribution is 0.185. The van der Waals surface area contributed by atoms with E-state index in [1.54, 1.807) is 18.0 Å². The van der Waals surface area contributed by atoms with Crippen LogP contribution in [-0.4, -0.2) is 21.1 Å². The number of benzene rings is 2. The second kappa shape index (κ2) is 7.35. The molecule has 5 heteroatoms. The second-order valence-corrected chi connectivity index (χ2v) is 6.64. The summed E-state index contributed by atoms with van der Waals surface area (Å²) in [7, 11) is 0.612. The van der Waals surface area contributed by atoms with Crippen molar-refractivity contribution in [3.63, 3.8) is 0 Å². The first-order valence-corrected chi connectivity index (χ1v) is 8.63. The number of hydrogen-bond donors (Lipinski definition) is 0. The molecule has 23 heavy (non-hydrogen) atoms. The standard InChI is InChI=1S/C18H18N2O2S/c1-22-13-15-5-9-18(10-6-15)23(21)14-16-3-7-17(8-4-16)20-12-2-11-19-20/h2-12H,13-14H2,1H3/t23-/m1/s1. The van der Waals surface area contributed by atoms with Crippen molar-refractivity contribution in [1.29, 1.82) is 0 Å². The van der Waals surface area contributed by atoms with Gasteiger partial charge in [-0.2, -0.15) is 5.10 Å². The molecule has 0 aliphatic carbocycles. The molecule has 3 rings (SSSR count). The third kappa shape index (κ3) is 3.94. The monoisotopic (exact) mass is 326 g/mol. The van der Waals surface area contributed by atoms with E-state index in [2.05, 4.69) is 5.10 Å². The largest absolute Gasteiger partial charge is 0.380 e. The molecule has 0 saturated heterocycles. The summed E-state index contributed by atoms with van der Waals surface area (Å²) in [6, 6.07) is 17.6. The highest BCUT2D eigenvalue weighted by Gasteiger charge is 2.06. The summed E-state index contributed by atoms with van der Waals surface area (Å²) >= 11 is 0. The van der Waals surface area contributed by atoms with Crippen LogP contribution in [0.4, 0.5) is 0 Å². The van der Waals surface area contributed by atoms with Gasteiger partial charge in [0, 0.05) is 24.4 Å². The normalized spacial score (nSPS) is 12.2. The highest BCUT2D eigenvalue weighted by Crippen LogP contribution is 2.15. The van der Waals surface area contributed by atoms with Crippen LogP contribution in [0.15, 0.2) is 71.9 Å². The van der Waals surface area contributed by atoms with Crippen molar-refractivity contribution in [1.82, 2.24) is 9.78 Å². The van der Waals surface area contributed by atoms with Crippen LogP contribution in [0.5, 0.6) is 0 Å². The zero-order valence-electron chi connectivity index (χ0n) is 12.9. The van der Waals surface area contributed by atoms with Gasteiger partial charge in [-0.25, -0.2) is 4.68 Å². The van der Waals surface area contributed by atoms with Gasteiger partial charge in [0.15, 0.2) is 0 Å². The third-order valence-electron chi connectivity index (χ3n) is 3.50. The Morgan fingerprint density at radius 2 is 1.74 bits per heavy atom. The topological polar surface area (TPSA) is 44.1 Å². The molecule has 0 bridgehead atoms. The summed E-state index contributed by atoms with van der Waals surface area (Å²) in [5, 5.41) is 4.19. The van der Waals surface area contributed by atoms with Gasteiger partial charge in [0.25, 0.3) is 0 Å². The highest BCUT2D eigenvalue weighted by atomic mass is 32.2. The van der Waals surface area contributed by atoms with Crippen molar-refractivity contribution < 1.29 is 8.95 Å². The minimum absolute atomic E-state index is 0.503. The summed E-state index contributed by atoms with van der Waals surface area (Å²) in [6.45, 7) is 0.571. The zero-order valence-corrected chi connectivity index (χ0v) is 13.7. The lowest BCUT2D eigenvalue weighted by Gasteiger charge is -2.06. The van der Waals surface area contributed by atoms with Gasteiger partial charge >= 0.3 is 0 Å². The van der Waals surface area contributed by atoms with Crippen LogP contribution >= 0.6 is 0 Å². The lowest BCUT2D eigenvalue weighted by atomic mass is 10.2. The molecule has 1 atom stereocenters. The Morgan fingerprint density at radius 1 is 1.04 bits per heavy atom. The summed E-state index contributed by atoms with van der Waals surface area (Å²) in [5.41, 5.74) is 3.12. The number of hydrogen-bond acceptors (Lipinski definition) is 3. The smallest absolute Gasteiger partial charge is 0.0713 e. The van der Waals surface area contributed by atoms with E-state index in [1.807, 2.05) is 60.8 Å². The fourth-order valence-electron chi connectivity index (χ4n) is 2.31. The Bertz CT molecular complexity index is 766. The van der Waals surface area contributed by atoms with Crippen LogP contribution in [0, 0.1) is 0 Å². The van der Waals surface area contributed by atoms with Crippen LogP contribution in [0.1, 0.15) is 11.1 Å². The van der Waals surface area contributed by atoms with Gasteiger partial charge in [-0.15, -0.1) is 0 Å². The van der Waals surface area contributed by atoms with Crippen LogP contribution in [0.3, 0.4) is 0 Å². The van der Waals surface area contributed by atoms with Crippen molar-refractivity contribution in [2.75, 3.05) is 7.11 Å². The predicted molar refractivity (Wildman–Crippen MR) is 90.8 cm³/mol. The van der Waals surface area contributed by atoms with Gasteiger partial charge in [-0.3, -0.25) is 4.21 Å². The molecular formula is C18H18N2O2S. The van der Waals surface area contributed by atoms with Crippen molar-refractivity contribution in [2.24, 2.45) is 0 Å². The summed E-state index contributed by atoms with van der Waals surface area (Å²) in [5.74, 6) is 0.503. The maximum absolute atomic E-state index is 12.5. The van der Waals surface area contributed by atoms with Gasteiger partial charge in [-0.05, 0) is 41.5 Å². The molecule has 0 aliphatic heterocycles. The maximum Gasteiger partial charge on any atom is 0.0713 e. The Morgan fingerprint density at radius 3 is 2.35 bits per heavy atom. The van der Waals surface area contributed by atoms with E-state index in [4.69, 9.17) is 4.74 Å². The molecule has 0 fully saturated rings. The lowest BCUT2D eigenvalue weighted by Crippen LogP contribution is -1.99. The highest BCUT2D eigenvalue weighted by molar-refractivity contribution is 7.84. The third-order valence-corrected chi connectivity index (χ3v) is 4.89. The average molecular weight is 326 g/mol. The van der Waals surface area contributed by atoms with Crippen LogP contribution in [0.2, 0.25) is 0 Å². The van der Waals surface area contributed by atoms with E-state index in [1.165, 1.54) is 0 Å². The Kier molecular flexibility index (Phi) is 5.00. The van der Waals surface area contributed by atoms with Crippen molar-refractivity contribution in [3.05, 3.63) is 78.1 Å². The van der Waals surface area contributed by atoms with E-state index in [-0.39, 0.29) is 0 Å². The van der Waals surface area contributed by atoms with Gasteiger partial charge in [0.2, 0.25) is 0 Å². The first kappa shape index (κ1) is 15.6. The average Bonchev–Trinajstić information content (AvgIpc) is 3.11. The Labute approximate surface area is 138 Å². The SMILES string of the molecule is COCc1ccc([S@](=O)Cc2ccc(-n3cccn3)cc2)cc1. The summed E-state index contributed by atoms with van der Waals surface area (Å²) in [6.07, 6.45) is 3.64. The van der Waals surface area contributed by atoms with E-state index in [0.717, 1.165) is 21.7 Å². The first-order valence-electron chi connectivity index (χ1n) is 7.31. The molecular weight excluding hydrogens is 308 g/mol. The van der Waals surface area contributed by atoms with Crippen molar-refractivity contribution >= 4 is 10.8 Å². The molecule has 0 radical (unpaired) electrons. The molecule has 118 valence electrons. The minimum Gasteiger partial charge on any atom is -0.380 e. The maximum atomic E-state index is 12.5. The minimum atomic E-state index is -1.05. The van der Waals surface area contributed by atoms with Crippen LogP contribution in [-0.2, 0) is 27.9 Å². The van der Waals surface area contributed by atoms with Crippen molar-refractivity contribution in [3.8, 4) is 5.69 Å². The summed E-state index contributed by atoms with van der Waals surface area (Å²) in [4.78, 5) is 0.834. The number of rotatable bonds is 6. The molecule has 0 N–H and O–H groups in total. The first-order chi connectivity index (χ1) is 11.3. The molecule has 2 aromatic carbocycles. The van der Waals surface area contributed by atoms with E-state index < -0.39 is 10.8 Å². The number of aromatic nitrogens is 2. The van der Waals surface area contributed by atoms with E-state index in [0.29, 0.717) is 12.4 Å². The van der Waals surface area contributed by atoms with E-state index in [9.17, 15) is 4.21 Å². The molecule has 1 aromatic heterocycles. The molecule has 0 unspecified atom stereocenters. The van der Waals surface area contributed by atoms with Gasteiger partial charge in [0.1, 0.15) is 0 Å². The fourth-order valence-corrected chi connectivity index (χ4v) is 3.41. The predicted octanol–water partition coefficient (Wildman–Crippen LogP) is 3.33. The Balaban J connectivity index is 1.67. The molecule has 0 spiro atoms. The quantitative estimate of drug-likeness (QED) is 0.698. The van der Waals surface area contributed by atoms with Crippen LogP contribution < -0.4 is 0 Å². The summed E-state index contributed by atoms with van der Waals surface area (Å²) < 4.78 is 19.3. The van der Waals surface area contributed by atoms with E-state index >= 15 is 0 Å². The van der Waals surface area contributed by atoms with Gasteiger partial charge < -0.3 is 4.74 Å². The van der Waals surface area contributed by atoms with Crippen LogP contribution in [0.25, 0.3) is 5.69 Å². The second-order valence-electron chi connectivity index (χ2n) is 5.18. The molecule has 1 heterocycles. The van der Waals surface area contributed by atoms with Crippen molar-refractivity contribution in [2.45, 2.75) is 17.3 Å². The van der Waals surface area contributed by atoms with Gasteiger partial charge in [-0.1, -0.05) is 24.3 Å². The molecule has 0 saturated carbocycles. The zero-order chi connectivity index (χ0) is 16.1. The molecule has 3 aromatic rings. The van der Waals surface area contributed by atoms with Gasteiger partial charge in [0.05, 0.1) is 28.8 Å². The molecule has 0 aliphatic rings. The fraction of sp³-hybridized carbons (Fsp3) is 0.167. The Hall–Kier alpha value is -2.24. The molecule has 4 nitrogen and oxygen atoms in total. The number of methoxy groups -OCH3 is 1. The number of nitrogens with zero attached hydrogens (tertiary/aromatic N) is 2. The molecule has 0 amide bonds.